The van der Waals surface area contributed by atoms with Crippen LogP contribution in [0.5, 0.6) is 0 Å². The zero-order chi connectivity index (χ0) is 15.8. The van der Waals surface area contributed by atoms with Gasteiger partial charge in [0.15, 0.2) is 0 Å². The third-order valence-electron chi connectivity index (χ3n) is 2.39. The van der Waals surface area contributed by atoms with Gasteiger partial charge in [0.1, 0.15) is 5.60 Å². The van der Waals surface area contributed by atoms with Gasteiger partial charge in [-0.3, -0.25) is 4.18 Å². The van der Waals surface area contributed by atoms with E-state index in [1.165, 1.54) is 0 Å². The number of amides is 1. The molecule has 0 rings (SSSR count). The molecule has 0 aliphatic carbocycles. The molecule has 1 atom stereocenters. The summed E-state index contributed by atoms with van der Waals surface area (Å²) in [6.45, 7) is 7.49. The number of rotatable bonds is 8. The maximum atomic E-state index is 11.7. The van der Waals surface area contributed by atoms with E-state index in [-0.39, 0.29) is 12.6 Å². The summed E-state index contributed by atoms with van der Waals surface area (Å²) in [5.41, 5.74) is -0.553. The molecule has 0 aliphatic heterocycles. The summed E-state index contributed by atoms with van der Waals surface area (Å²) in [6, 6.07) is -0.147. The lowest BCUT2D eigenvalue weighted by Gasteiger charge is -2.23. The first-order chi connectivity index (χ1) is 9.03. The molecular weight excluding hydrogens is 282 g/mol. The first kappa shape index (κ1) is 19.2. The van der Waals surface area contributed by atoms with Crippen LogP contribution in [0.4, 0.5) is 4.79 Å². The predicted molar refractivity (Wildman–Crippen MR) is 78.1 cm³/mol. The molecule has 0 radical (unpaired) electrons. The van der Waals surface area contributed by atoms with E-state index in [1.54, 1.807) is 20.8 Å². The third-order valence-corrected chi connectivity index (χ3v) is 2.99. The van der Waals surface area contributed by atoms with Gasteiger partial charge in [-0.2, -0.15) is 8.42 Å². The van der Waals surface area contributed by atoms with Crippen molar-refractivity contribution in [3.8, 4) is 0 Å². The second-order valence-electron chi connectivity index (χ2n) is 5.80. The molecule has 7 heteroatoms. The Morgan fingerprint density at radius 3 is 2.30 bits per heavy atom. The van der Waals surface area contributed by atoms with Crippen LogP contribution in [-0.2, 0) is 19.0 Å². The molecule has 0 saturated carbocycles. The van der Waals surface area contributed by atoms with Crippen LogP contribution in [-0.4, -0.2) is 39.0 Å². The summed E-state index contributed by atoms with van der Waals surface area (Å²) in [6.07, 6.45) is 3.67. The van der Waals surface area contributed by atoms with E-state index >= 15 is 0 Å². The van der Waals surface area contributed by atoms with Gasteiger partial charge in [-0.05, 0) is 33.6 Å². The second-order valence-corrected chi connectivity index (χ2v) is 7.44. The lowest BCUT2D eigenvalue weighted by atomic mass is 10.1. The number of alkyl carbamates (subject to hydrolysis) is 1. The van der Waals surface area contributed by atoms with E-state index in [0.29, 0.717) is 6.42 Å². The molecule has 0 bridgehead atoms. The fourth-order valence-electron chi connectivity index (χ4n) is 1.56. The molecular formula is C13H27NO5S. The minimum absolute atomic E-state index is 0.0585. The van der Waals surface area contributed by atoms with Crippen molar-refractivity contribution in [1.82, 2.24) is 5.32 Å². The smallest absolute Gasteiger partial charge is 0.407 e. The Bertz CT molecular complexity index is 386. The highest BCUT2D eigenvalue weighted by Gasteiger charge is 2.19. The summed E-state index contributed by atoms with van der Waals surface area (Å²) < 4.78 is 31.7. The fraction of sp³-hybridized carbons (Fsp3) is 0.923. The monoisotopic (exact) mass is 309 g/mol. The van der Waals surface area contributed by atoms with Gasteiger partial charge in [-0.1, -0.05) is 19.8 Å². The van der Waals surface area contributed by atoms with Crippen LogP contribution in [0.2, 0.25) is 0 Å². The lowest BCUT2D eigenvalue weighted by molar-refractivity contribution is 0.0495. The van der Waals surface area contributed by atoms with Crippen LogP contribution in [0, 0.1) is 0 Å². The summed E-state index contributed by atoms with van der Waals surface area (Å²) >= 11 is 0. The molecule has 1 amide bonds. The maximum absolute atomic E-state index is 11.7. The number of carbonyl (C=O) groups excluding carboxylic acids is 1. The highest BCUT2D eigenvalue weighted by atomic mass is 32.2. The van der Waals surface area contributed by atoms with Gasteiger partial charge in [-0.25, -0.2) is 4.79 Å². The Morgan fingerprint density at radius 1 is 1.25 bits per heavy atom. The van der Waals surface area contributed by atoms with Gasteiger partial charge in [0.05, 0.1) is 12.9 Å². The lowest BCUT2D eigenvalue weighted by Crippen LogP contribution is -2.39. The van der Waals surface area contributed by atoms with Crippen LogP contribution in [0.15, 0.2) is 0 Å². The molecule has 0 aliphatic rings. The van der Waals surface area contributed by atoms with Crippen LogP contribution in [0.3, 0.4) is 0 Å². The van der Waals surface area contributed by atoms with Crippen molar-refractivity contribution in [3.63, 3.8) is 0 Å². The van der Waals surface area contributed by atoms with E-state index in [2.05, 4.69) is 12.2 Å². The highest BCUT2D eigenvalue weighted by Crippen LogP contribution is 2.10. The molecule has 0 aromatic heterocycles. The molecule has 1 N–H and O–H groups in total. The summed E-state index contributed by atoms with van der Waals surface area (Å²) in [5, 5.41) is 2.76. The molecule has 0 saturated heterocycles. The van der Waals surface area contributed by atoms with Gasteiger partial charge < -0.3 is 10.1 Å². The van der Waals surface area contributed by atoms with Crippen LogP contribution in [0.1, 0.15) is 53.4 Å². The SMILES string of the molecule is CCCC[C@@H](CCOS(C)(=O)=O)NC(=O)OC(C)(C)C. The van der Waals surface area contributed by atoms with Crippen molar-refractivity contribution in [1.29, 1.82) is 0 Å². The zero-order valence-corrected chi connectivity index (χ0v) is 13.9. The van der Waals surface area contributed by atoms with Crippen molar-refractivity contribution in [2.45, 2.75) is 65.0 Å². The van der Waals surface area contributed by atoms with Crippen molar-refractivity contribution in [3.05, 3.63) is 0 Å². The Hall–Kier alpha value is -0.820. The normalized spacial score (nSPS) is 13.8. The van der Waals surface area contributed by atoms with Crippen molar-refractivity contribution in [2.75, 3.05) is 12.9 Å². The quantitative estimate of drug-likeness (QED) is 0.696. The minimum atomic E-state index is -3.44. The van der Waals surface area contributed by atoms with E-state index in [1.807, 2.05) is 0 Å². The number of nitrogens with one attached hydrogen (secondary N) is 1. The third kappa shape index (κ3) is 12.2. The van der Waals surface area contributed by atoms with Crippen LogP contribution in [0.25, 0.3) is 0 Å². The number of ether oxygens (including phenoxy) is 1. The van der Waals surface area contributed by atoms with Crippen molar-refractivity contribution >= 4 is 16.2 Å². The van der Waals surface area contributed by atoms with E-state index in [4.69, 9.17) is 8.92 Å². The standard InChI is InChI=1S/C13H27NO5S/c1-6-7-8-11(9-10-18-20(5,16)17)14-12(15)19-13(2,3)4/h11H,6-10H2,1-5H3,(H,14,15)/t11-/m0/s1. The van der Waals surface area contributed by atoms with Gasteiger partial charge in [-0.15, -0.1) is 0 Å². The number of hydrogen-bond acceptors (Lipinski definition) is 5. The molecule has 0 aromatic rings. The van der Waals surface area contributed by atoms with E-state index in [9.17, 15) is 13.2 Å². The average Bonchev–Trinajstić information content (AvgIpc) is 2.21. The van der Waals surface area contributed by atoms with Crippen molar-refractivity contribution < 1.29 is 22.1 Å². The van der Waals surface area contributed by atoms with Gasteiger partial charge in [0.25, 0.3) is 10.1 Å². The number of hydrogen-bond donors (Lipinski definition) is 1. The van der Waals surface area contributed by atoms with Gasteiger partial charge >= 0.3 is 6.09 Å². The average molecular weight is 309 g/mol. The first-order valence-electron chi connectivity index (χ1n) is 6.87. The molecule has 0 heterocycles. The first-order valence-corrected chi connectivity index (χ1v) is 8.69. The fourth-order valence-corrected chi connectivity index (χ4v) is 1.95. The number of carbonyl (C=O) groups is 1. The van der Waals surface area contributed by atoms with Gasteiger partial charge in [0, 0.05) is 6.04 Å². The molecule has 0 unspecified atom stereocenters. The molecule has 20 heavy (non-hydrogen) atoms. The predicted octanol–water partition coefficient (Wildman–Crippen LogP) is 2.44. The minimum Gasteiger partial charge on any atom is -0.444 e. The molecule has 120 valence electrons. The summed E-state index contributed by atoms with van der Waals surface area (Å²) in [5.74, 6) is 0. The summed E-state index contributed by atoms with van der Waals surface area (Å²) in [7, 11) is -3.44. The Morgan fingerprint density at radius 2 is 1.85 bits per heavy atom. The van der Waals surface area contributed by atoms with E-state index in [0.717, 1.165) is 25.5 Å². The number of unbranched alkanes of at least 4 members (excludes halogenated alkanes) is 1. The van der Waals surface area contributed by atoms with Crippen LogP contribution >= 0.6 is 0 Å². The Balaban J connectivity index is 4.30. The highest BCUT2D eigenvalue weighted by molar-refractivity contribution is 7.85. The largest absolute Gasteiger partial charge is 0.444 e. The summed E-state index contributed by atoms with van der Waals surface area (Å²) in [4.78, 5) is 11.7. The van der Waals surface area contributed by atoms with E-state index < -0.39 is 21.8 Å². The van der Waals surface area contributed by atoms with Crippen LogP contribution < -0.4 is 5.32 Å². The maximum Gasteiger partial charge on any atom is 0.407 e. The Labute approximate surface area is 122 Å². The molecule has 0 spiro atoms. The topological polar surface area (TPSA) is 81.7 Å². The molecule has 0 fully saturated rings. The van der Waals surface area contributed by atoms with Gasteiger partial charge in [0.2, 0.25) is 0 Å². The van der Waals surface area contributed by atoms with Crippen molar-refractivity contribution in [2.24, 2.45) is 0 Å². The zero-order valence-electron chi connectivity index (χ0n) is 13.1. The second kappa shape index (κ2) is 8.46. The molecule has 0 aromatic carbocycles. The Kier molecular flexibility index (Phi) is 8.12. The molecule has 6 nitrogen and oxygen atoms in total.